The molecule has 4 aromatic rings. The Morgan fingerprint density at radius 1 is 1.08 bits per heavy atom. The van der Waals surface area contributed by atoms with Crippen LogP contribution >= 0.6 is 0 Å². The molecule has 2 aliphatic rings. The first-order chi connectivity index (χ1) is 18.0. The average Bonchev–Trinajstić information content (AvgIpc) is 2.91. The number of ketones is 1. The highest BCUT2D eigenvalue weighted by atomic mass is 16.5. The van der Waals surface area contributed by atoms with Gasteiger partial charge in [0, 0.05) is 29.4 Å². The van der Waals surface area contributed by atoms with Gasteiger partial charge in [-0.1, -0.05) is 24.3 Å². The van der Waals surface area contributed by atoms with E-state index >= 15 is 0 Å². The number of para-hydroxylation sites is 1. The first-order valence-corrected chi connectivity index (χ1v) is 12.7. The standard InChI is InChI=1S/C29H29N5O3/c1-18-14-21-15-30-29(31-22-11-9-19(10-12-22)20-6-5-13-33(2)16-20)32-27(21)34(28(18)36)24-17-37-25-8-4-3-7-23(25)26(24)35/h3-4,7-12,14-15,20,24H,5-6,13,16-17H2,1-2H3,(H,30,31,32). The van der Waals surface area contributed by atoms with Crippen molar-refractivity contribution in [1.29, 1.82) is 0 Å². The number of anilines is 2. The minimum absolute atomic E-state index is 0.0683. The van der Waals surface area contributed by atoms with Crippen molar-refractivity contribution in [3.8, 4) is 5.75 Å². The molecule has 1 N–H and O–H groups in total. The lowest BCUT2D eigenvalue weighted by molar-refractivity contribution is 0.0841. The van der Waals surface area contributed by atoms with Crippen LogP contribution in [0.5, 0.6) is 5.75 Å². The first kappa shape index (κ1) is 23.4. The van der Waals surface area contributed by atoms with Crippen LogP contribution in [0.4, 0.5) is 11.6 Å². The summed E-state index contributed by atoms with van der Waals surface area (Å²) in [5.41, 5.74) is 3.32. The van der Waals surface area contributed by atoms with Gasteiger partial charge in [0.25, 0.3) is 5.56 Å². The third-order valence-electron chi connectivity index (χ3n) is 7.38. The quantitative estimate of drug-likeness (QED) is 0.447. The van der Waals surface area contributed by atoms with Crippen LogP contribution in [0.2, 0.25) is 0 Å². The summed E-state index contributed by atoms with van der Waals surface area (Å²) in [4.78, 5) is 38.2. The topological polar surface area (TPSA) is 89.3 Å². The van der Waals surface area contributed by atoms with Gasteiger partial charge in [-0.05, 0) is 75.2 Å². The summed E-state index contributed by atoms with van der Waals surface area (Å²) in [6, 6.07) is 16.4. The summed E-state index contributed by atoms with van der Waals surface area (Å²) in [7, 11) is 2.17. The van der Waals surface area contributed by atoms with E-state index in [0.717, 1.165) is 18.8 Å². The fourth-order valence-electron chi connectivity index (χ4n) is 5.43. The van der Waals surface area contributed by atoms with E-state index in [-0.39, 0.29) is 17.9 Å². The second-order valence-corrected chi connectivity index (χ2v) is 10.0. The van der Waals surface area contributed by atoms with E-state index in [1.807, 2.05) is 18.2 Å². The number of likely N-dealkylation sites (N-methyl/N-ethyl adjacent to an activating group) is 1. The highest BCUT2D eigenvalue weighted by Gasteiger charge is 2.32. The van der Waals surface area contributed by atoms with Gasteiger partial charge < -0.3 is 15.0 Å². The number of hydrogen-bond acceptors (Lipinski definition) is 7. The van der Waals surface area contributed by atoms with Gasteiger partial charge in [-0.25, -0.2) is 4.98 Å². The number of nitrogens with zero attached hydrogens (tertiary/aromatic N) is 4. The Bertz CT molecular complexity index is 1550. The normalized spacial score (nSPS) is 19.9. The summed E-state index contributed by atoms with van der Waals surface area (Å²) < 4.78 is 7.31. The molecule has 1 fully saturated rings. The highest BCUT2D eigenvalue weighted by Crippen LogP contribution is 2.31. The molecule has 37 heavy (non-hydrogen) atoms. The third-order valence-corrected chi connectivity index (χ3v) is 7.38. The van der Waals surface area contributed by atoms with Crippen molar-refractivity contribution in [1.82, 2.24) is 19.4 Å². The second-order valence-electron chi connectivity index (χ2n) is 10.0. The number of pyridine rings is 1. The molecule has 0 spiro atoms. The molecule has 8 nitrogen and oxygen atoms in total. The van der Waals surface area contributed by atoms with Gasteiger partial charge in [-0.3, -0.25) is 14.2 Å². The minimum Gasteiger partial charge on any atom is -0.490 e. The molecular formula is C29H29N5O3. The lowest BCUT2D eigenvalue weighted by Crippen LogP contribution is -2.38. The Hall–Kier alpha value is -4.04. The fourth-order valence-corrected chi connectivity index (χ4v) is 5.43. The molecule has 6 rings (SSSR count). The van der Waals surface area contributed by atoms with Crippen molar-refractivity contribution in [2.45, 2.75) is 31.7 Å². The number of ether oxygens (including phenoxy) is 1. The van der Waals surface area contributed by atoms with Gasteiger partial charge in [0.1, 0.15) is 24.0 Å². The SMILES string of the molecule is Cc1cc2cnc(Nc3ccc(C4CCCN(C)C4)cc3)nc2n(C2COc3ccccc3C2=O)c1=O. The third kappa shape index (κ3) is 4.38. The zero-order chi connectivity index (χ0) is 25.5. The Morgan fingerprint density at radius 3 is 2.70 bits per heavy atom. The molecule has 2 aromatic carbocycles. The molecule has 2 aliphatic heterocycles. The van der Waals surface area contributed by atoms with Crippen LogP contribution in [0.15, 0.2) is 65.6 Å². The van der Waals surface area contributed by atoms with Crippen LogP contribution in [-0.4, -0.2) is 52.0 Å². The minimum atomic E-state index is -0.805. The molecule has 0 amide bonds. The maximum atomic E-state index is 13.4. The Balaban J connectivity index is 1.33. The number of piperidine rings is 1. The van der Waals surface area contributed by atoms with E-state index in [0.29, 0.717) is 39.8 Å². The molecule has 0 aliphatic carbocycles. The van der Waals surface area contributed by atoms with Gasteiger partial charge >= 0.3 is 0 Å². The summed E-state index contributed by atoms with van der Waals surface area (Å²) in [6.07, 6.45) is 4.10. The molecule has 2 atom stereocenters. The van der Waals surface area contributed by atoms with Gasteiger partial charge in [-0.2, -0.15) is 4.98 Å². The van der Waals surface area contributed by atoms with Crippen molar-refractivity contribution >= 4 is 28.5 Å². The van der Waals surface area contributed by atoms with Gasteiger partial charge in [0.2, 0.25) is 5.95 Å². The van der Waals surface area contributed by atoms with Crippen molar-refractivity contribution in [2.24, 2.45) is 0 Å². The van der Waals surface area contributed by atoms with Gasteiger partial charge in [-0.15, -0.1) is 0 Å². The molecule has 4 heterocycles. The Kier molecular flexibility index (Phi) is 5.96. The number of benzene rings is 2. The smallest absolute Gasteiger partial charge is 0.255 e. The number of nitrogens with one attached hydrogen (secondary N) is 1. The van der Waals surface area contributed by atoms with Crippen LogP contribution in [0.25, 0.3) is 11.0 Å². The zero-order valence-corrected chi connectivity index (χ0v) is 21.0. The highest BCUT2D eigenvalue weighted by molar-refractivity contribution is 6.03. The van der Waals surface area contributed by atoms with Crippen LogP contribution in [0.3, 0.4) is 0 Å². The first-order valence-electron chi connectivity index (χ1n) is 12.7. The number of Topliss-reactive ketones (excluding diaryl/α,β-unsaturated/α-hetero) is 1. The number of hydrogen-bond donors (Lipinski definition) is 1. The summed E-state index contributed by atoms with van der Waals surface area (Å²) in [6.45, 7) is 4.04. The number of fused-ring (bicyclic) bond motifs is 2. The predicted octanol–water partition coefficient (Wildman–Crippen LogP) is 4.47. The van der Waals surface area contributed by atoms with E-state index < -0.39 is 6.04 Å². The Morgan fingerprint density at radius 2 is 1.89 bits per heavy atom. The van der Waals surface area contributed by atoms with Crippen molar-refractivity contribution in [2.75, 3.05) is 32.1 Å². The zero-order valence-electron chi connectivity index (χ0n) is 21.0. The number of rotatable bonds is 4. The van der Waals surface area contributed by atoms with Crippen molar-refractivity contribution < 1.29 is 9.53 Å². The van der Waals surface area contributed by atoms with Crippen molar-refractivity contribution in [3.63, 3.8) is 0 Å². The summed E-state index contributed by atoms with van der Waals surface area (Å²) in [5, 5.41) is 3.95. The Labute approximate surface area is 214 Å². The molecule has 0 radical (unpaired) electrons. The molecule has 188 valence electrons. The van der Waals surface area contributed by atoms with Gasteiger partial charge in [0.15, 0.2) is 5.78 Å². The summed E-state index contributed by atoms with van der Waals surface area (Å²) in [5.74, 6) is 1.28. The molecule has 1 saturated heterocycles. The van der Waals surface area contributed by atoms with Crippen LogP contribution in [0, 0.1) is 6.92 Å². The largest absolute Gasteiger partial charge is 0.490 e. The number of aryl methyl sites for hydroxylation is 1. The molecule has 0 bridgehead atoms. The van der Waals surface area contributed by atoms with Crippen LogP contribution < -0.4 is 15.6 Å². The van der Waals surface area contributed by atoms with E-state index in [4.69, 9.17) is 4.74 Å². The van der Waals surface area contributed by atoms with E-state index in [1.54, 1.807) is 37.4 Å². The predicted molar refractivity (Wildman–Crippen MR) is 143 cm³/mol. The molecule has 2 aromatic heterocycles. The van der Waals surface area contributed by atoms with Gasteiger partial charge in [0.05, 0.1) is 5.56 Å². The number of carbonyl (C=O) groups excluding carboxylic acids is 1. The molecule has 2 unspecified atom stereocenters. The van der Waals surface area contributed by atoms with Crippen LogP contribution in [0.1, 0.15) is 46.3 Å². The van der Waals surface area contributed by atoms with E-state index in [2.05, 4.69) is 39.4 Å². The number of aromatic nitrogens is 3. The summed E-state index contributed by atoms with van der Waals surface area (Å²) >= 11 is 0. The fraction of sp³-hybridized carbons (Fsp3) is 0.310. The monoisotopic (exact) mass is 495 g/mol. The maximum absolute atomic E-state index is 13.4. The number of carbonyl (C=O) groups is 1. The van der Waals surface area contributed by atoms with Crippen LogP contribution in [-0.2, 0) is 0 Å². The van der Waals surface area contributed by atoms with Crippen molar-refractivity contribution in [3.05, 3.63) is 87.8 Å². The average molecular weight is 496 g/mol. The van der Waals surface area contributed by atoms with E-state index in [9.17, 15) is 9.59 Å². The maximum Gasteiger partial charge on any atom is 0.255 e. The second kappa shape index (κ2) is 9.44. The van der Waals surface area contributed by atoms with E-state index in [1.165, 1.54) is 23.0 Å². The molecule has 8 heteroatoms. The number of likely N-dealkylation sites (tertiary alicyclic amines) is 1. The lowest BCUT2D eigenvalue weighted by Gasteiger charge is -2.30. The lowest BCUT2D eigenvalue weighted by atomic mass is 9.91. The molecular weight excluding hydrogens is 466 g/mol. The molecule has 0 saturated carbocycles.